The van der Waals surface area contributed by atoms with Crippen LogP contribution in [0.5, 0.6) is 11.5 Å². The maximum absolute atomic E-state index is 12.4. The zero-order valence-electron chi connectivity index (χ0n) is 17.5. The smallest absolute Gasteiger partial charge is 0.338 e. The predicted octanol–water partition coefficient (Wildman–Crippen LogP) is 3.75. The van der Waals surface area contributed by atoms with E-state index in [1.54, 1.807) is 36.4 Å². The minimum absolute atomic E-state index is 0.126. The number of carbonyl (C=O) groups excluding carboxylic acids is 2. The molecule has 0 aliphatic carbocycles. The molecule has 1 fully saturated rings. The number of benzene rings is 2. The van der Waals surface area contributed by atoms with Gasteiger partial charge in [0.1, 0.15) is 18.1 Å². The molecule has 0 radical (unpaired) electrons. The number of rotatable bonds is 8. The average molecular weight is 413 g/mol. The van der Waals surface area contributed by atoms with E-state index >= 15 is 0 Å². The molecule has 7 heteroatoms. The first kappa shape index (κ1) is 21.6. The molecular formula is C23H27NO6. The van der Waals surface area contributed by atoms with E-state index in [9.17, 15) is 9.59 Å². The molecule has 0 saturated carbocycles. The van der Waals surface area contributed by atoms with Gasteiger partial charge in [0.05, 0.1) is 24.5 Å². The van der Waals surface area contributed by atoms with Crippen LogP contribution in [0.3, 0.4) is 0 Å². The van der Waals surface area contributed by atoms with Crippen molar-refractivity contribution in [2.24, 2.45) is 0 Å². The van der Waals surface area contributed by atoms with Gasteiger partial charge in [0.2, 0.25) is 0 Å². The molecule has 0 unspecified atom stereocenters. The molecule has 3 rings (SSSR count). The van der Waals surface area contributed by atoms with Crippen LogP contribution >= 0.6 is 0 Å². The monoisotopic (exact) mass is 413 g/mol. The van der Waals surface area contributed by atoms with Gasteiger partial charge in [-0.3, -0.25) is 4.79 Å². The van der Waals surface area contributed by atoms with Crippen LogP contribution in [0, 0.1) is 6.92 Å². The lowest BCUT2D eigenvalue weighted by Crippen LogP contribution is -2.30. The first-order valence-corrected chi connectivity index (χ1v) is 9.97. The molecule has 1 heterocycles. The number of nitrogens with one attached hydrogen (secondary N) is 1. The van der Waals surface area contributed by atoms with Crippen molar-refractivity contribution < 1.29 is 28.5 Å². The molecular weight excluding hydrogens is 386 g/mol. The minimum atomic E-state index is -0.974. The number of amides is 1. The van der Waals surface area contributed by atoms with Crippen molar-refractivity contribution in [2.45, 2.75) is 38.9 Å². The van der Waals surface area contributed by atoms with E-state index in [0.717, 1.165) is 25.0 Å². The Balaban J connectivity index is 1.53. The van der Waals surface area contributed by atoms with Gasteiger partial charge >= 0.3 is 5.97 Å². The summed E-state index contributed by atoms with van der Waals surface area (Å²) >= 11 is 0. The summed E-state index contributed by atoms with van der Waals surface area (Å²) in [5.41, 5.74) is 1.84. The summed E-state index contributed by atoms with van der Waals surface area (Å²) < 4.78 is 21.8. The number of aryl methyl sites for hydroxylation is 1. The molecule has 2 aromatic rings. The number of anilines is 1. The minimum Gasteiger partial charge on any atom is -0.495 e. The summed E-state index contributed by atoms with van der Waals surface area (Å²) in [7, 11) is 1.53. The van der Waals surface area contributed by atoms with Crippen molar-refractivity contribution in [2.75, 3.05) is 25.6 Å². The standard InChI is InChI=1S/C23H27NO6/c1-15-6-11-21(27-3)20(13-15)24-22(25)16(2)30-23(26)17-7-9-18(10-8-17)29-14-19-5-4-12-28-19/h6-11,13,16,19H,4-5,12,14H2,1-3H3,(H,24,25)/t16-,19+/m1/s1. The number of methoxy groups -OCH3 is 1. The highest BCUT2D eigenvalue weighted by atomic mass is 16.5. The molecule has 0 aromatic heterocycles. The van der Waals surface area contributed by atoms with Gasteiger partial charge in [0.15, 0.2) is 6.10 Å². The summed E-state index contributed by atoms with van der Waals surface area (Å²) in [4.78, 5) is 24.8. The zero-order chi connectivity index (χ0) is 21.5. The van der Waals surface area contributed by atoms with Crippen molar-refractivity contribution in [1.82, 2.24) is 0 Å². The third-order valence-electron chi connectivity index (χ3n) is 4.82. The fourth-order valence-corrected chi connectivity index (χ4v) is 3.09. The molecule has 2 atom stereocenters. The van der Waals surface area contributed by atoms with Crippen molar-refractivity contribution >= 4 is 17.6 Å². The van der Waals surface area contributed by atoms with E-state index in [2.05, 4.69) is 5.32 Å². The third kappa shape index (κ3) is 5.73. The van der Waals surface area contributed by atoms with Gasteiger partial charge in [0.25, 0.3) is 5.91 Å². The summed E-state index contributed by atoms with van der Waals surface area (Å²) in [6.07, 6.45) is 1.21. The van der Waals surface area contributed by atoms with Gasteiger partial charge in [-0.05, 0) is 68.7 Å². The topological polar surface area (TPSA) is 83.1 Å². The Labute approximate surface area is 176 Å². The maximum atomic E-state index is 12.4. The largest absolute Gasteiger partial charge is 0.495 e. The van der Waals surface area contributed by atoms with Crippen LogP contribution in [0.25, 0.3) is 0 Å². The van der Waals surface area contributed by atoms with Crippen LogP contribution in [-0.4, -0.2) is 44.4 Å². The number of ether oxygens (including phenoxy) is 4. The van der Waals surface area contributed by atoms with Crippen LogP contribution in [0.1, 0.15) is 35.7 Å². The van der Waals surface area contributed by atoms with Gasteiger partial charge in [-0.15, -0.1) is 0 Å². The van der Waals surface area contributed by atoms with Crippen molar-refractivity contribution in [1.29, 1.82) is 0 Å². The van der Waals surface area contributed by atoms with Crippen LogP contribution in [0.15, 0.2) is 42.5 Å². The highest BCUT2D eigenvalue weighted by molar-refractivity contribution is 5.98. The van der Waals surface area contributed by atoms with Crippen LogP contribution in [0.4, 0.5) is 5.69 Å². The Bertz CT molecular complexity index is 874. The third-order valence-corrected chi connectivity index (χ3v) is 4.82. The van der Waals surface area contributed by atoms with Crippen molar-refractivity contribution in [3.63, 3.8) is 0 Å². The first-order valence-electron chi connectivity index (χ1n) is 9.97. The molecule has 160 valence electrons. The van der Waals surface area contributed by atoms with Gasteiger partial charge in [-0.1, -0.05) is 6.07 Å². The summed E-state index contributed by atoms with van der Waals surface area (Å²) in [6, 6.07) is 12.1. The summed E-state index contributed by atoms with van der Waals surface area (Å²) in [5.74, 6) is 0.161. The van der Waals surface area contributed by atoms with E-state index < -0.39 is 18.0 Å². The van der Waals surface area contributed by atoms with E-state index in [4.69, 9.17) is 18.9 Å². The van der Waals surface area contributed by atoms with Crippen LogP contribution in [-0.2, 0) is 14.3 Å². The van der Waals surface area contributed by atoms with E-state index in [1.165, 1.54) is 14.0 Å². The summed E-state index contributed by atoms with van der Waals surface area (Å²) in [5, 5.41) is 2.74. The van der Waals surface area contributed by atoms with Crippen LogP contribution < -0.4 is 14.8 Å². The molecule has 1 saturated heterocycles. The molecule has 2 aromatic carbocycles. The predicted molar refractivity (Wildman–Crippen MR) is 112 cm³/mol. The van der Waals surface area contributed by atoms with Crippen molar-refractivity contribution in [3.8, 4) is 11.5 Å². The normalized spacial score (nSPS) is 16.6. The highest BCUT2D eigenvalue weighted by Gasteiger charge is 2.21. The van der Waals surface area contributed by atoms with E-state index in [1.807, 2.05) is 13.0 Å². The van der Waals surface area contributed by atoms with E-state index in [-0.39, 0.29) is 6.10 Å². The van der Waals surface area contributed by atoms with Crippen molar-refractivity contribution in [3.05, 3.63) is 53.6 Å². The van der Waals surface area contributed by atoms with Crippen LogP contribution in [0.2, 0.25) is 0 Å². The molecule has 0 spiro atoms. The van der Waals surface area contributed by atoms with Gasteiger partial charge in [-0.25, -0.2) is 4.79 Å². The Morgan fingerprint density at radius 3 is 2.63 bits per heavy atom. The molecule has 1 aliphatic heterocycles. The fraction of sp³-hybridized carbons (Fsp3) is 0.391. The lowest BCUT2D eigenvalue weighted by atomic mass is 10.2. The Kier molecular flexibility index (Phi) is 7.30. The Hall–Kier alpha value is -3.06. The second-order valence-electron chi connectivity index (χ2n) is 7.21. The van der Waals surface area contributed by atoms with E-state index in [0.29, 0.717) is 29.4 Å². The Morgan fingerprint density at radius 1 is 1.20 bits per heavy atom. The number of hydrogen-bond donors (Lipinski definition) is 1. The van der Waals surface area contributed by atoms with Gasteiger partial charge in [-0.2, -0.15) is 0 Å². The lowest BCUT2D eigenvalue weighted by molar-refractivity contribution is -0.123. The molecule has 1 amide bonds. The second-order valence-corrected chi connectivity index (χ2v) is 7.21. The molecule has 1 aliphatic rings. The first-order chi connectivity index (χ1) is 14.5. The molecule has 30 heavy (non-hydrogen) atoms. The quantitative estimate of drug-likeness (QED) is 0.664. The lowest BCUT2D eigenvalue weighted by Gasteiger charge is -2.16. The highest BCUT2D eigenvalue weighted by Crippen LogP contribution is 2.25. The average Bonchev–Trinajstić information content (AvgIpc) is 3.26. The molecule has 1 N–H and O–H groups in total. The summed E-state index contributed by atoms with van der Waals surface area (Å²) in [6.45, 7) is 4.70. The Morgan fingerprint density at radius 2 is 1.97 bits per heavy atom. The number of carbonyl (C=O) groups is 2. The fourth-order valence-electron chi connectivity index (χ4n) is 3.09. The molecule has 0 bridgehead atoms. The molecule has 7 nitrogen and oxygen atoms in total. The number of esters is 1. The van der Waals surface area contributed by atoms with Gasteiger partial charge < -0.3 is 24.3 Å². The number of hydrogen-bond acceptors (Lipinski definition) is 6. The zero-order valence-corrected chi connectivity index (χ0v) is 17.5. The maximum Gasteiger partial charge on any atom is 0.338 e. The second kappa shape index (κ2) is 10.1. The SMILES string of the molecule is COc1ccc(C)cc1NC(=O)[C@@H](C)OC(=O)c1ccc(OC[C@@H]2CCCO2)cc1. The van der Waals surface area contributed by atoms with Gasteiger partial charge in [0, 0.05) is 6.61 Å².